The topological polar surface area (TPSA) is 46.2 Å². The van der Waals surface area contributed by atoms with Gasteiger partial charge in [-0.2, -0.15) is 0 Å². The Balaban J connectivity index is 3.10. The van der Waals surface area contributed by atoms with Crippen LogP contribution in [0.4, 0.5) is 0 Å². The summed E-state index contributed by atoms with van der Waals surface area (Å²) in [5.41, 5.74) is 0. The molecule has 1 atom stereocenters. The molecule has 18 heavy (non-hydrogen) atoms. The second-order valence-electron chi connectivity index (χ2n) is 4.45. The van der Waals surface area contributed by atoms with E-state index in [1.54, 1.807) is 18.2 Å². The molecule has 0 amide bonds. The molecule has 1 unspecified atom stereocenters. The molecule has 1 aromatic carbocycles. The average Bonchev–Trinajstić information content (AvgIpc) is 2.28. The highest BCUT2D eigenvalue weighted by atomic mass is 79.9. The maximum atomic E-state index is 12.3. The molecule has 0 saturated heterocycles. The van der Waals surface area contributed by atoms with Gasteiger partial charge in [-0.25, -0.2) is 13.1 Å². The van der Waals surface area contributed by atoms with Crippen molar-refractivity contribution in [1.29, 1.82) is 0 Å². The van der Waals surface area contributed by atoms with E-state index < -0.39 is 10.0 Å². The predicted octanol–water partition coefficient (Wildman–Crippen LogP) is 3.92. The van der Waals surface area contributed by atoms with Crippen LogP contribution in [0.15, 0.2) is 32.0 Å². The van der Waals surface area contributed by atoms with Crippen LogP contribution in [0.2, 0.25) is 0 Å². The van der Waals surface area contributed by atoms with Crippen LogP contribution in [0, 0.1) is 5.92 Å². The minimum Gasteiger partial charge on any atom is -0.208 e. The lowest BCUT2D eigenvalue weighted by molar-refractivity contribution is 0.437. The van der Waals surface area contributed by atoms with E-state index in [1.807, 2.05) is 20.8 Å². The van der Waals surface area contributed by atoms with Crippen molar-refractivity contribution in [2.75, 3.05) is 0 Å². The molecule has 3 nitrogen and oxygen atoms in total. The second-order valence-corrected chi connectivity index (χ2v) is 7.91. The molecule has 0 saturated carbocycles. The molecule has 1 aromatic rings. The van der Waals surface area contributed by atoms with Crippen molar-refractivity contribution in [2.24, 2.45) is 5.92 Å². The quantitative estimate of drug-likeness (QED) is 0.816. The van der Waals surface area contributed by atoms with Crippen molar-refractivity contribution in [3.63, 3.8) is 0 Å². The van der Waals surface area contributed by atoms with Gasteiger partial charge in [0, 0.05) is 15.0 Å². The van der Waals surface area contributed by atoms with E-state index in [2.05, 4.69) is 36.6 Å². The highest BCUT2D eigenvalue weighted by Crippen LogP contribution is 2.26. The average molecular weight is 399 g/mol. The van der Waals surface area contributed by atoms with Gasteiger partial charge in [0.2, 0.25) is 10.0 Å². The molecule has 102 valence electrons. The van der Waals surface area contributed by atoms with E-state index in [-0.39, 0.29) is 16.9 Å². The molecule has 1 N–H and O–H groups in total. The zero-order valence-corrected chi connectivity index (χ0v) is 14.6. The standard InChI is InChI=1S/C12H17Br2NO2S/c1-4-11(8(2)3)15-18(16,17)12-7-9(13)5-6-10(12)14/h5-8,11,15H,4H2,1-3H3. The predicted molar refractivity (Wildman–Crippen MR) is 81.1 cm³/mol. The van der Waals surface area contributed by atoms with Crippen LogP contribution in [0.1, 0.15) is 27.2 Å². The first-order chi connectivity index (χ1) is 8.27. The lowest BCUT2D eigenvalue weighted by atomic mass is 10.0. The molecular formula is C12H17Br2NO2S. The number of sulfonamides is 1. The third-order valence-corrected chi connectivity index (χ3v) is 5.71. The summed E-state index contributed by atoms with van der Waals surface area (Å²) in [6.45, 7) is 5.99. The summed E-state index contributed by atoms with van der Waals surface area (Å²) < 4.78 is 28.7. The summed E-state index contributed by atoms with van der Waals surface area (Å²) in [5.74, 6) is 0.260. The van der Waals surface area contributed by atoms with Crippen molar-refractivity contribution in [1.82, 2.24) is 4.72 Å². The van der Waals surface area contributed by atoms with E-state index in [0.29, 0.717) is 4.47 Å². The van der Waals surface area contributed by atoms with Gasteiger partial charge in [0.1, 0.15) is 0 Å². The maximum absolute atomic E-state index is 12.3. The summed E-state index contributed by atoms with van der Waals surface area (Å²) in [5, 5.41) is 0. The molecule has 0 aliphatic heterocycles. The van der Waals surface area contributed by atoms with E-state index in [1.165, 1.54) is 0 Å². The molecule has 6 heteroatoms. The number of rotatable bonds is 5. The van der Waals surface area contributed by atoms with Gasteiger partial charge in [0.15, 0.2) is 0 Å². The minimum atomic E-state index is -3.50. The van der Waals surface area contributed by atoms with Gasteiger partial charge in [-0.05, 0) is 46.5 Å². The molecule has 0 radical (unpaired) electrons. The van der Waals surface area contributed by atoms with Crippen LogP contribution < -0.4 is 4.72 Å². The molecule has 0 aromatic heterocycles. The van der Waals surface area contributed by atoms with Crippen LogP contribution in [0.5, 0.6) is 0 Å². The van der Waals surface area contributed by atoms with Gasteiger partial charge in [0.05, 0.1) is 4.90 Å². The van der Waals surface area contributed by atoms with E-state index >= 15 is 0 Å². The number of benzene rings is 1. The fourth-order valence-electron chi connectivity index (χ4n) is 1.64. The Morgan fingerprint density at radius 1 is 1.28 bits per heavy atom. The zero-order chi connectivity index (χ0) is 13.9. The third kappa shape index (κ3) is 4.05. The lowest BCUT2D eigenvalue weighted by Gasteiger charge is -2.21. The maximum Gasteiger partial charge on any atom is 0.241 e. The lowest BCUT2D eigenvalue weighted by Crippen LogP contribution is -2.38. The van der Waals surface area contributed by atoms with Gasteiger partial charge in [0.25, 0.3) is 0 Å². The van der Waals surface area contributed by atoms with Crippen molar-refractivity contribution >= 4 is 41.9 Å². The van der Waals surface area contributed by atoms with Crippen LogP contribution in [0.3, 0.4) is 0 Å². The van der Waals surface area contributed by atoms with Gasteiger partial charge in [-0.1, -0.05) is 36.7 Å². The Morgan fingerprint density at radius 3 is 2.39 bits per heavy atom. The summed E-state index contributed by atoms with van der Waals surface area (Å²) in [6, 6.07) is 5.05. The minimum absolute atomic E-state index is 0.0547. The summed E-state index contributed by atoms with van der Waals surface area (Å²) in [7, 11) is -3.50. The first-order valence-electron chi connectivity index (χ1n) is 5.75. The Bertz CT molecular complexity index is 515. The van der Waals surface area contributed by atoms with Crippen molar-refractivity contribution in [2.45, 2.75) is 38.1 Å². The summed E-state index contributed by atoms with van der Waals surface area (Å²) >= 11 is 6.56. The Hall–Kier alpha value is 0.0900. The molecule has 0 aliphatic carbocycles. The Labute approximate surface area is 126 Å². The fraction of sp³-hybridized carbons (Fsp3) is 0.500. The molecular weight excluding hydrogens is 382 g/mol. The van der Waals surface area contributed by atoms with Gasteiger partial charge in [-0.3, -0.25) is 0 Å². The first-order valence-corrected chi connectivity index (χ1v) is 8.82. The number of nitrogens with one attached hydrogen (secondary N) is 1. The number of hydrogen-bond acceptors (Lipinski definition) is 2. The Kier molecular flexibility index (Phi) is 5.83. The van der Waals surface area contributed by atoms with Crippen LogP contribution in [-0.2, 0) is 10.0 Å². The van der Waals surface area contributed by atoms with Crippen molar-refractivity contribution in [3.8, 4) is 0 Å². The Morgan fingerprint density at radius 2 is 1.89 bits per heavy atom. The molecule has 0 aliphatic rings. The largest absolute Gasteiger partial charge is 0.241 e. The van der Waals surface area contributed by atoms with Crippen LogP contribution in [-0.4, -0.2) is 14.5 Å². The summed E-state index contributed by atoms with van der Waals surface area (Å²) in [6.07, 6.45) is 0.766. The normalized spacial score (nSPS) is 13.9. The van der Waals surface area contributed by atoms with E-state index in [4.69, 9.17) is 0 Å². The second kappa shape index (κ2) is 6.50. The van der Waals surface area contributed by atoms with Gasteiger partial charge < -0.3 is 0 Å². The van der Waals surface area contributed by atoms with Gasteiger partial charge >= 0.3 is 0 Å². The number of hydrogen-bond donors (Lipinski definition) is 1. The van der Waals surface area contributed by atoms with E-state index in [9.17, 15) is 8.42 Å². The molecule has 0 spiro atoms. The highest BCUT2D eigenvalue weighted by molar-refractivity contribution is 9.11. The van der Waals surface area contributed by atoms with Crippen LogP contribution >= 0.6 is 31.9 Å². The molecule has 1 rings (SSSR count). The van der Waals surface area contributed by atoms with E-state index in [0.717, 1.165) is 10.9 Å². The zero-order valence-electron chi connectivity index (χ0n) is 10.6. The molecule has 0 bridgehead atoms. The fourth-order valence-corrected chi connectivity index (χ4v) is 4.61. The first kappa shape index (κ1) is 16.1. The molecule has 0 heterocycles. The highest BCUT2D eigenvalue weighted by Gasteiger charge is 2.23. The monoisotopic (exact) mass is 397 g/mol. The van der Waals surface area contributed by atoms with Crippen LogP contribution in [0.25, 0.3) is 0 Å². The number of halogens is 2. The van der Waals surface area contributed by atoms with Gasteiger partial charge in [-0.15, -0.1) is 0 Å². The van der Waals surface area contributed by atoms with Crippen molar-refractivity contribution < 1.29 is 8.42 Å². The smallest absolute Gasteiger partial charge is 0.208 e. The molecule has 0 fully saturated rings. The van der Waals surface area contributed by atoms with Crippen molar-refractivity contribution in [3.05, 3.63) is 27.1 Å². The third-order valence-electron chi connectivity index (χ3n) is 2.73. The summed E-state index contributed by atoms with van der Waals surface area (Å²) in [4.78, 5) is 0.260. The SMILES string of the molecule is CCC(NS(=O)(=O)c1cc(Br)ccc1Br)C(C)C.